The summed E-state index contributed by atoms with van der Waals surface area (Å²) in [5.41, 5.74) is -0.259. The molecule has 2 aromatic rings. The van der Waals surface area contributed by atoms with Crippen LogP contribution < -0.4 is 5.46 Å². The lowest BCUT2D eigenvalue weighted by molar-refractivity contribution is 0.00578. The first-order valence-corrected chi connectivity index (χ1v) is 7.61. The number of hydrogen-bond donors (Lipinski definition) is 0. The molecule has 3 rings (SSSR count). The van der Waals surface area contributed by atoms with Crippen LogP contribution in [0.1, 0.15) is 27.7 Å². The Morgan fingerprint density at radius 3 is 1.96 bits per heavy atom. The Labute approximate surface area is 135 Å². The SMILES string of the molecule is CC1(C)OB(c2cc(F)c(-c3ccccc3)cc2F)OC1(C)C. The maximum atomic E-state index is 14.5. The largest absolute Gasteiger partial charge is 0.497 e. The van der Waals surface area contributed by atoms with Gasteiger partial charge in [0, 0.05) is 11.0 Å². The van der Waals surface area contributed by atoms with Gasteiger partial charge in [0.2, 0.25) is 0 Å². The van der Waals surface area contributed by atoms with Crippen molar-refractivity contribution in [2.24, 2.45) is 0 Å². The lowest BCUT2D eigenvalue weighted by Crippen LogP contribution is -2.41. The highest BCUT2D eigenvalue weighted by Gasteiger charge is 2.52. The minimum Gasteiger partial charge on any atom is -0.399 e. The molecular weight excluding hydrogens is 297 g/mol. The summed E-state index contributed by atoms with van der Waals surface area (Å²) in [6.07, 6.45) is 0. The topological polar surface area (TPSA) is 18.5 Å². The van der Waals surface area contributed by atoms with Crippen LogP contribution in [0, 0.1) is 11.6 Å². The first-order chi connectivity index (χ1) is 10.7. The molecule has 0 amide bonds. The van der Waals surface area contributed by atoms with Crippen LogP contribution in [0.5, 0.6) is 0 Å². The molecule has 0 atom stereocenters. The Morgan fingerprint density at radius 2 is 1.39 bits per heavy atom. The first kappa shape index (κ1) is 16.2. The summed E-state index contributed by atoms with van der Waals surface area (Å²) in [6.45, 7) is 7.50. The van der Waals surface area contributed by atoms with Gasteiger partial charge in [-0.15, -0.1) is 0 Å². The highest BCUT2D eigenvalue weighted by atomic mass is 19.1. The zero-order chi connectivity index (χ0) is 16.8. The molecule has 2 nitrogen and oxygen atoms in total. The molecule has 0 radical (unpaired) electrons. The van der Waals surface area contributed by atoms with Crippen LogP contribution in [0.4, 0.5) is 8.78 Å². The van der Waals surface area contributed by atoms with Gasteiger partial charge in [-0.25, -0.2) is 8.78 Å². The van der Waals surface area contributed by atoms with Crippen molar-refractivity contribution in [1.29, 1.82) is 0 Å². The Kier molecular flexibility index (Phi) is 3.81. The first-order valence-electron chi connectivity index (χ1n) is 7.61. The summed E-state index contributed by atoms with van der Waals surface area (Å²) in [4.78, 5) is 0. The molecule has 23 heavy (non-hydrogen) atoms. The third-order valence-corrected chi connectivity index (χ3v) is 4.68. The molecule has 1 heterocycles. The molecule has 1 saturated heterocycles. The quantitative estimate of drug-likeness (QED) is 0.782. The van der Waals surface area contributed by atoms with Gasteiger partial charge in [0.15, 0.2) is 0 Å². The van der Waals surface area contributed by atoms with Crippen molar-refractivity contribution in [2.45, 2.75) is 38.9 Å². The molecule has 5 heteroatoms. The molecule has 0 spiro atoms. The zero-order valence-electron chi connectivity index (χ0n) is 13.7. The average Bonchev–Trinajstić information content (AvgIpc) is 2.70. The molecule has 1 aliphatic heterocycles. The predicted octanol–water partition coefficient (Wildman–Crippen LogP) is 3.93. The van der Waals surface area contributed by atoms with Crippen molar-refractivity contribution < 1.29 is 18.1 Å². The fourth-order valence-electron chi connectivity index (χ4n) is 2.55. The molecule has 0 saturated carbocycles. The van der Waals surface area contributed by atoms with Crippen LogP contribution >= 0.6 is 0 Å². The fraction of sp³-hybridized carbons (Fsp3) is 0.333. The van der Waals surface area contributed by atoms with Gasteiger partial charge in [0.05, 0.1) is 11.2 Å². The second-order valence-corrected chi connectivity index (χ2v) is 6.81. The molecule has 0 aliphatic carbocycles. The Hall–Kier alpha value is -1.72. The molecule has 120 valence electrons. The predicted molar refractivity (Wildman–Crippen MR) is 87.5 cm³/mol. The minimum atomic E-state index is -0.917. The fourth-order valence-corrected chi connectivity index (χ4v) is 2.55. The normalized spacial score (nSPS) is 19.1. The van der Waals surface area contributed by atoms with Crippen molar-refractivity contribution in [3.63, 3.8) is 0 Å². The van der Waals surface area contributed by atoms with Crippen LogP contribution in [0.15, 0.2) is 42.5 Å². The summed E-state index contributed by atoms with van der Waals surface area (Å²) in [5, 5.41) is 0. The third kappa shape index (κ3) is 2.79. The van der Waals surface area contributed by atoms with E-state index in [9.17, 15) is 8.78 Å². The average molecular weight is 316 g/mol. The number of hydrogen-bond acceptors (Lipinski definition) is 2. The van der Waals surface area contributed by atoms with Crippen molar-refractivity contribution in [2.75, 3.05) is 0 Å². The van der Waals surface area contributed by atoms with E-state index in [0.717, 1.165) is 0 Å². The van der Waals surface area contributed by atoms with Crippen LogP contribution in [0.25, 0.3) is 11.1 Å². The van der Waals surface area contributed by atoms with E-state index in [4.69, 9.17) is 9.31 Å². The molecule has 2 aromatic carbocycles. The van der Waals surface area contributed by atoms with Gasteiger partial charge < -0.3 is 9.31 Å². The summed E-state index contributed by atoms with van der Waals surface area (Å²) >= 11 is 0. The highest BCUT2D eigenvalue weighted by molar-refractivity contribution is 6.62. The Bertz CT molecular complexity index is 713. The molecule has 0 unspecified atom stereocenters. The van der Waals surface area contributed by atoms with Gasteiger partial charge in [-0.05, 0) is 45.4 Å². The van der Waals surface area contributed by atoms with Crippen LogP contribution in [0.2, 0.25) is 0 Å². The summed E-state index contributed by atoms with van der Waals surface area (Å²) in [5.74, 6) is -1.04. The molecular formula is C18H19BF2O2. The van der Waals surface area contributed by atoms with Gasteiger partial charge >= 0.3 is 7.12 Å². The number of benzene rings is 2. The third-order valence-electron chi connectivity index (χ3n) is 4.68. The standard InChI is InChI=1S/C18H19BF2O2/c1-17(2)18(3,4)23-19(22-17)14-11-15(20)13(10-16(14)21)12-8-6-5-7-9-12/h5-11H,1-4H3. The van der Waals surface area contributed by atoms with Gasteiger partial charge in [0.25, 0.3) is 0 Å². The molecule has 0 bridgehead atoms. The number of halogens is 2. The summed E-state index contributed by atoms with van der Waals surface area (Å²) < 4.78 is 40.6. The van der Waals surface area contributed by atoms with E-state index in [2.05, 4.69) is 0 Å². The Balaban J connectivity index is 1.99. The number of rotatable bonds is 2. The monoisotopic (exact) mass is 316 g/mol. The van der Waals surface area contributed by atoms with E-state index in [1.807, 2.05) is 33.8 Å². The van der Waals surface area contributed by atoms with Crippen LogP contribution in [0.3, 0.4) is 0 Å². The van der Waals surface area contributed by atoms with Gasteiger partial charge in [0.1, 0.15) is 11.6 Å². The lowest BCUT2D eigenvalue weighted by atomic mass is 9.78. The highest BCUT2D eigenvalue weighted by Crippen LogP contribution is 2.37. The van der Waals surface area contributed by atoms with Crippen molar-refractivity contribution in [3.8, 4) is 11.1 Å². The van der Waals surface area contributed by atoms with E-state index in [1.54, 1.807) is 24.3 Å². The lowest BCUT2D eigenvalue weighted by Gasteiger charge is -2.32. The molecule has 0 aromatic heterocycles. The Morgan fingerprint density at radius 1 is 0.826 bits per heavy atom. The molecule has 1 aliphatic rings. The van der Waals surface area contributed by atoms with Crippen molar-refractivity contribution in [3.05, 3.63) is 54.1 Å². The maximum Gasteiger partial charge on any atom is 0.497 e. The van der Waals surface area contributed by atoms with E-state index < -0.39 is 30.0 Å². The van der Waals surface area contributed by atoms with Crippen LogP contribution in [-0.2, 0) is 9.31 Å². The summed E-state index contributed by atoms with van der Waals surface area (Å²) in [7, 11) is -0.917. The van der Waals surface area contributed by atoms with E-state index in [1.165, 1.54) is 12.1 Å². The minimum absolute atomic E-state index is 0.0841. The van der Waals surface area contributed by atoms with Gasteiger partial charge in [-0.1, -0.05) is 30.3 Å². The van der Waals surface area contributed by atoms with Crippen molar-refractivity contribution in [1.82, 2.24) is 0 Å². The second-order valence-electron chi connectivity index (χ2n) is 6.81. The maximum absolute atomic E-state index is 14.5. The second kappa shape index (κ2) is 5.43. The smallest absolute Gasteiger partial charge is 0.399 e. The van der Waals surface area contributed by atoms with E-state index in [-0.39, 0.29) is 11.0 Å². The van der Waals surface area contributed by atoms with Crippen molar-refractivity contribution >= 4 is 12.6 Å². The van der Waals surface area contributed by atoms with Gasteiger partial charge in [-0.3, -0.25) is 0 Å². The molecule has 1 fully saturated rings. The van der Waals surface area contributed by atoms with E-state index in [0.29, 0.717) is 5.56 Å². The zero-order valence-corrected chi connectivity index (χ0v) is 13.7. The van der Waals surface area contributed by atoms with E-state index >= 15 is 0 Å². The van der Waals surface area contributed by atoms with Gasteiger partial charge in [-0.2, -0.15) is 0 Å². The van der Waals surface area contributed by atoms with Crippen LogP contribution in [-0.4, -0.2) is 18.3 Å². The molecule has 0 N–H and O–H groups in total. The summed E-state index contributed by atoms with van der Waals surface area (Å²) in [6, 6.07) is 11.3.